The van der Waals surface area contributed by atoms with Crippen molar-refractivity contribution >= 4 is 5.78 Å². The molecular formula is C18H27NO2. The lowest BCUT2D eigenvalue weighted by molar-refractivity contribution is -0.127. The monoisotopic (exact) mass is 289 g/mol. The van der Waals surface area contributed by atoms with Crippen LogP contribution >= 0.6 is 0 Å². The molecule has 0 amide bonds. The summed E-state index contributed by atoms with van der Waals surface area (Å²) >= 11 is 0. The third-order valence-corrected chi connectivity index (χ3v) is 4.47. The van der Waals surface area contributed by atoms with E-state index in [4.69, 9.17) is 4.74 Å². The van der Waals surface area contributed by atoms with E-state index in [1.807, 2.05) is 18.2 Å². The average molecular weight is 289 g/mol. The molecule has 0 radical (unpaired) electrons. The minimum atomic E-state index is 0.174. The highest BCUT2D eigenvalue weighted by atomic mass is 16.5. The second-order valence-corrected chi connectivity index (χ2v) is 7.04. The van der Waals surface area contributed by atoms with Gasteiger partial charge < -0.3 is 9.64 Å². The maximum absolute atomic E-state index is 12.1. The van der Waals surface area contributed by atoms with Crippen LogP contribution in [-0.4, -0.2) is 31.4 Å². The van der Waals surface area contributed by atoms with Gasteiger partial charge in [-0.25, -0.2) is 0 Å². The number of rotatable bonds is 5. The van der Waals surface area contributed by atoms with E-state index >= 15 is 0 Å². The van der Waals surface area contributed by atoms with Crippen molar-refractivity contribution in [1.29, 1.82) is 0 Å². The van der Waals surface area contributed by atoms with Gasteiger partial charge in [0, 0.05) is 31.0 Å². The molecule has 1 aliphatic rings. The molecule has 2 rings (SSSR count). The summed E-state index contributed by atoms with van der Waals surface area (Å²) < 4.78 is 5.40. The third-order valence-electron chi connectivity index (χ3n) is 4.47. The molecule has 21 heavy (non-hydrogen) atoms. The predicted molar refractivity (Wildman–Crippen MR) is 85.5 cm³/mol. The van der Waals surface area contributed by atoms with Gasteiger partial charge in [-0.05, 0) is 31.4 Å². The van der Waals surface area contributed by atoms with Crippen molar-refractivity contribution in [2.45, 2.75) is 39.7 Å². The number of para-hydroxylation sites is 1. The SMILES string of the molecule is COc1ccccc1CN(C)CC1CC(C)(C)CCC1=O. The highest BCUT2D eigenvalue weighted by molar-refractivity contribution is 5.82. The van der Waals surface area contributed by atoms with Gasteiger partial charge in [-0.15, -0.1) is 0 Å². The fourth-order valence-corrected chi connectivity index (χ4v) is 3.28. The molecule has 1 atom stereocenters. The van der Waals surface area contributed by atoms with Crippen LogP contribution in [0.1, 0.15) is 38.7 Å². The van der Waals surface area contributed by atoms with E-state index < -0.39 is 0 Å². The zero-order chi connectivity index (χ0) is 15.5. The van der Waals surface area contributed by atoms with E-state index in [0.29, 0.717) is 11.2 Å². The largest absolute Gasteiger partial charge is 0.496 e. The first-order chi connectivity index (χ1) is 9.91. The van der Waals surface area contributed by atoms with E-state index in [1.165, 1.54) is 5.56 Å². The molecule has 0 aromatic heterocycles. The van der Waals surface area contributed by atoms with Crippen LogP contribution in [0.3, 0.4) is 0 Å². The summed E-state index contributed by atoms with van der Waals surface area (Å²) in [5.74, 6) is 1.52. The Kier molecular flexibility index (Phi) is 5.04. The molecule has 0 bridgehead atoms. The molecule has 0 spiro atoms. The van der Waals surface area contributed by atoms with E-state index in [-0.39, 0.29) is 5.92 Å². The topological polar surface area (TPSA) is 29.5 Å². The molecule has 3 nitrogen and oxygen atoms in total. The Balaban J connectivity index is 1.97. The Bertz CT molecular complexity index is 496. The lowest BCUT2D eigenvalue weighted by Crippen LogP contribution is -2.37. The third kappa shape index (κ3) is 4.31. The second-order valence-electron chi connectivity index (χ2n) is 7.04. The first-order valence-corrected chi connectivity index (χ1v) is 7.74. The van der Waals surface area contributed by atoms with Crippen LogP contribution in [0.4, 0.5) is 0 Å². The van der Waals surface area contributed by atoms with Crippen molar-refractivity contribution < 1.29 is 9.53 Å². The fraction of sp³-hybridized carbons (Fsp3) is 0.611. The highest BCUT2D eigenvalue weighted by Gasteiger charge is 2.33. The Morgan fingerprint density at radius 2 is 2.05 bits per heavy atom. The quantitative estimate of drug-likeness (QED) is 0.830. The molecule has 3 heteroatoms. The first-order valence-electron chi connectivity index (χ1n) is 7.74. The molecule has 116 valence electrons. The van der Waals surface area contributed by atoms with Gasteiger partial charge in [0.15, 0.2) is 0 Å². The number of hydrogen-bond donors (Lipinski definition) is 0. The van der Waals surface area contributed by atoms with Crippen molar-refractivity contribution in [3.63, 3.8) is 0 Å². The number of carbonyl (C=O) groups is 1. The first kappa shape index (κ1) is 16.0. The number of benzene rings is 1. The molecular weight excluding hydrogens is 262 g/mol. The van der Waals surface area contributed by atoms with Crippen LogP contribution < -0.4 is 4.74 Å². The summed E-state index contributed by atoms with van der Waals surface area (Å²) in [7, 11) is 3.79. The van der Waals surface area contributed by atoms with E-state index in [9.17, 15) is 4.79 Å². The van der Waals surface area contributed by atoms with Gasteiger partial charge in [0.1, 0.15) is 11.5 Å². The summed E-state index contributed by atoms with van der Waals surface area (Å²) in [5, 5.41) is 0. The highest BCUT2D eigenvalue weighted by Crippen LogP contribution is 2.37. The van der Waals surface area contributed by atoms with Crippen molar-refractivity contribution in [1.82, 2.24) is 4.90 Å². The summed E-state index contributed by atoms with van der Waals surface area (Å²) in [6.07, 6.45) is 2.76. The van der Waals surface area contributed by atoms with Crippen LogP contribution in [0, 0.1) is 11.3 Å². The fourth-order valence-electron chi connectivity index (χ4n) is 3.28. The molecule has 1 saturated carbocycles. The van der Waals surface area contributed by atoms with Gasteiger partial charge in [-0.2, -0.15) is 0 Å². The van der Waals surface area contributed by atoms with E-state index in [2.05, 4.69) is 31.9 Å². The van der Waals surface area contributed by atoms with Crippen LogP contribution in [0.2, 0.25) is 0 Å². The molecule has 1 fully saturated rings. The van der Waals surface area contributed by atoms with Crippen molar-refractivity contribution in [2.75, 3.05) is 20.7 Å². The smallest absolute Gasteiger partial charge is 0.137 e. The van der Waals surface area contributed by atoms with Crippen LogP contribution in [-0.2, 0) is 11.3 Å². The van der Waals surface area contributed by atoms with Crippen LogP contribution in [0.15, 0.2) is 24.3 Å². The lowest BCUT2D eigenvalue weighted by atomic mass is 9.71. The predicted octanol–water partition coefficient (Wildman–Crippen LogP) is 3.52. The van der Waals surface area contributed by atoms with Gasteiger partial charge in [0.2, 0.25) is 0 Å². The van der Waals surface area contributed by atoms with Gasteiger partial charge >= 0.3 is 0 Å². The number of hydrogen-bond acceptors (Lipinski definition) is 3. The van der Waals surface area contributed by atoms with Crippen LogP contribution in [0.5, 0.6) is 5.75 Å². The van der Waals surface area contributed by atoms with Gasteiger partial charge in [0.25, 0.3) is 0 Å². The zero-order valence-corrected chi connectivity index (χ0v) is 13.7. The Hall–Kier alpha value is -1.35. The number of ketones is 1. The van der Waals surface area contributed by atoms with Crippen molar-refractivity contribution in [3.8, 4) is 5.75 Å². The standard InChI is InChI=1S/C18H27NO2/c1-18(2)10-9-16(20)15(11-18)13-19(3)12-14-7-5-6-8-17(14)21-4/h5-8,15H,9-13H2,1-4H3. The normalized spacial score (nSPS) is 21.6. The summed E-state index contributed by atoms with van der Waals surface area (Å²) in [6.45, 7) is 6.19. The van der Waals surface area contributed by atoms with Gasteiger partial charge in [0.05, 0.1) is 7.11 Å². The molecule has 0 aliphatic heterocycles. The molecule has 0 heterocycles. The lowest BCUT2D eigenvalue weighted by Gasteiger charge is -2.36. The van der Waals surface area contributed by atoms with E-state index in [0.717, 1.165) is 38.1 Å². The summed E-state index contributed by atoms with van der Waals surface area (Å²) in [4.78, 5) is 14.4. The molecule has 1 aromatic carbocycles. The number of methoxy groups -OCH3 is 1. The second kappa shape index (κ2) is 6.61. The maximum Gasteiger partial charge on any atom is 0.137 e. The minimum absolute atomic E-state index is 0.174. The summed E-state index contributed by atoms with van der Waals surface area (Å²) in [6, 6.07) is 8.08. The number of nitrogens with zero attached hydrogens (tertiary/aromatic N) is 1. The van der Waals surface area contributed by atoms with Crippen molar-refractivity contribution in [3.05, 3.63) is 29.8 Å². The van der Waals surface area contributed by atoms with Gasteiger partial charge in [-0.1, -0.05) is 32.0 Å². The number of carbonyl (C=O) groups excluding carboxylic acids is 1. The van der Waals surface area contributed by atoms with Crippen LogP contribution in [0.25, 0.3) is 0 Å². The average Bonchev–Trinajstić information content (AvgIpc) is 2.43. The number of ether oxygens (including phenoxy) is 1. The minimum Gasteiger partial charge on any atom is -0.496 e. The molecule has 1 aromatic rings. The molecule has 0 N–H and O–H groups in total. The van der Waals surface area contributed by atoms with Gasteiger partial charge in [-0.3, -0.25) is 4.79 Å². The Labute approximate surface area is 128 Å². The number of Topliss-reactive ketones (excluding diaryl/α,β-unsaturated/α-hetero) is 1. The van der Waals surface area contributed by atoms with Crippen molar-refractivity contribution in [2.24, 2.45) is 11.3 Å². The zero-order valence-electron chi connectivity index (χ0n) is 13.7. The molecule has 1 unspecified atom stereocenters. The molecule has 0 saturated heterocycles. The molecule has 1 aliphatic carbocycles. The maximum atomic E-state index is 12.1. The van der Waals surface area contributed by atoms with E-state index in [1.54, 1.807) is 7.11 Å². The Morgan fingerprint density at radius 3 is 2.76 bits per heavy atom. The Morgan fingerprint density at radius 1 is 1.33 bits per heavy atom. The summed E-state index contributed by atoms with van der Waals surface area (Å²) in [5.41, 5.74) is 1.47.